The van der Waals surface area contributed by atoms with Crippen molar-refractivity contribution >= 4 is 5.91 Å². The van der Waals surface area contributed by atoms with Gasteiger partial charge in [0.15, 0.2) is 0 Å². The summed E-state index contributed by atoms with van der Waals surface area (Å²) in [4.78, 5) is 15.7. The van der Waals surface area contributed by atoms with Gasteiger partial charge in [-0.3, -0.25) is 9.69 Å². The minimum absolute atomic E-state index is 0.0446. The van der Waals surface area contributed by atoms with Crippen molar-refractivity contribution in [1.29, 1.82) is 0 Å². The molecule has 1 amide bonds. The van der Waals surface area contributed by atoms with Crippen molar-refractivity contribution < 1.29 is 14.6 Å². The summed E-state index contributed by atoms with van der Waals surface area (Å²) in [6, 6.07) is 7.69. The molecule has 1 N–H and O–H groups in total. The molecule has 0 aromatic heterocycles. The smallest absolute Gasteiger partial charge is 0.236 e. The van der Waals surface area contributed by atoms with Crippen LogP contribution in [0.2, 0.25) is 0 Å². The van der Waals surface area contributed by atoms with Crippen LogP contribution in [0.5, 0.6) is 5.75 Å². The number of benzene rings is 1. The van der Waals surface area contributed by atoms with Crippen molar-refractivity contribution in [1.82, 2.24) is 9.80 Å². The van der Waals surface area contributed by atoms with Crippen LogP contribution in [0.1, 0.15) is 12.5 Å². The van der Waals surface area contributed by atoms with Gasteiger partial charge in [-0.15, -0.1) is 0 Å². The summed E-state index contributed by atoms with van der Waals surface area (Å²) >= 11 is 0. The Kier molecular flexibility index (Phi) is 7.04. The maximum Gasteiger partial charge on any atom is 0.236 e. The summed E-state index contributed by atoms with van der Waals surface area (Å²) in [7, 11) is 3.41. The highest BCUT2D eigenvalue weighted by atomic mass is 16.5. The van der Waals surface area contributed by atoms with Crippen LogP contribution >= 0.6 is 0 Å². The van der Waals surface area contributed by atoms with E-state index in [0.29, 0.717) is 19.6 Å². The SMILES string of the molecule is CCN(CCO)CC(=O)N(C)Cc1cccc(OC)c1. The standard InChI is InChI=1S/C15H24N2O3/c1-4-17(8-9-18)12-15(19)16(2)11-13-6-5-7-14(10-13)20-3/h5-7,10,18H,4,8-9,11-12H2,1-3H3. The molecule has 0 aliphatic heterocycles. The van der Waals surface area contributed by atoms with E-state index in [-0.39, 0.29) is 12.5 Å². The topological polar surface area (TPSA) is 53.0 Å². The molecule has 5 nitrogen and oxygen atoms in total. The third kappa shape index (κ3) is 5.19. The van der Waals surface area contributed by atoms with E-state index in [0.717, 1.165) is 17.9 Å². The van der Waals surface area contributed by atoms with Crippen LogP contribution in [0.3, 0.4) is 0 Å². The third-order valence-corrected chi connectivity index (χ3v) is 3.20. The highest BCUT2D eigenvalue weighted by Crippen LogP contribution is 2.13. The molecule has 5 heteroatoms. The molecule has 0 spiro atoms. The van der Waals surface area contributed by atoms with E-state index in [4.69, 9.17) is 9.84 Å². The second-order valence-electron chi connectivity index (χ2n) is 4.69. The van der Waals surface area contributed by atoms with Crippen LogP contribution in [0, 0.1) is 0 Å². The average Bonchev–Trinajstić information content (AvgIpc) is 2.46. The number of aliphatic hydroxyl groups is 1. The Bertz CT molecular complexity index is 423. The number of methoxy groups -OCH3 is 1. The maximum absolute atomic E-state index is 12.1. The molecule has 0 radical (unpaired) electrons. The molecule has 0 saturated carbocycles. The normalized spacial score (nSPS) is 10.7. The fourth-order valence-corrected chi connectivity index (χ4v) is 1.94. The van der Waals surface area contributed by atoms with Gasteiger partial charge in [-0.2, -0.15) is 0 Å². The Morgan fingerprint density at radius 2 is 2.15 bits per heavy atom. The first-order valence-corrected chi connectivity index (χ1v) is 6.80. The van der Waals surface area contributed by atoms with Crippen molar-refractivity contribution in [2.24, 2.45) is 0 Å². The van der Waals surface area contributed by atoms with Crippen molar-refractivity contribution in [3.05, 3.63) is 29.8 Å². The van der Waals surface area contributed by atoms with Crippen LogP contribution in [0.25, 0.3) is 0 Å². The lowest BCUT2D eigenvalue weighted by Crippen LogP contribution is -2.39. The fourth-order valence-electron chi connectivity index (χ4n) is 1.94. The molecular weight excluding hydrogens is 256 g/mol. The van der Waals surface area contributed by atoms with Gasteiger partial charge in [-0.25, -0.2) is 0 Å². The van der Waals surface area contributed by atoms with Gasteiger partial charge in [-0.1, -0.05) is 19.1 Å². The molecule has 1 aromatic rings. The second kappa shape index (κ2) is 8.55. The predicted molar refractivity (Wildman–Crippen MR) is 78.7 cm³/mol. The maximum atomic E-state index is 12.1. The predicted octanol–water partition coefficient (Wildman–Crippen LogP) is 0.968. The Hall–Kier alpha value is -1.59. The molecule has 0 bridgehead atoms. The lowest BCUT2D eigenvalue weighted by atomic mass is 10.2. The Balaban J connectivity index is 2.56. The summed E-state index contributed by atoms with van der Waals surface area (Å²) in [6.07, 6.45) is 0. The van der Waals surface area contributed by atoms with E-state index in [1.807, 2.05) is 36.1 Å². The number of amides is 1. The number of likely N-dealkylation sites (N-methyl/N-ethyl adjacent to an activating group) is 2. The number of aliphatic hydroxyl groups excluding tert-OH is 1. The molecule has 0 unspecified atom stereocenters. The number of hydrogen-bond acceptors (Lipinski definition) is 4. The zero-order valence-electron chi connectivity index (χ0n) is 12.5. The monoisotopic (exact) mass is 280 g/mol. The largest absolute Gasteiger partial charge is 0.497 e. The zero-order chi connectivity index (χ0) is 15.0. The molecule has 1 aromatic carbocycles. The summed E-state index contributed by atoms with van der Waals surface area (Å²) in [5.41, 5.74) is 1.03. The first-order valence-electron chi connectivity index (χ1n) is 6.80. The van der Waals surface area contributed by atoms with Gasteiger partial charge in [0.05, 0.1) is 20.3 Å². The molecule has 1 rings (SSSR count). The van der Waals surface area contributed by atoms with Crippen LogP contribution in [-0.2, 0) is 11.3 Å². The molecular formula is C15H24N2O3. The van der Waals surface area contributed by atoms with Gasteiger partial charge < -0.3 is 14.7 Å². The van der Waals surface area contributed by atoms with Gasteiger partial charge in [0.1, 0.15) is 5.75 Å². The molecule has 20 heavy (non-hydrogen) atoms. The Labute approximate surface area is 120 Å². The number of hydrogen-bond donors (Lipinski definition) is 1. The van der Waals surface area contributed by atoms with Gasteiger partial charge in [-0.05, 0) is 24.2 Å². The number of ether oxygens (including phenoxy) is 1. The van der Waals surface area contributed by atoms with Gasteiger partial charge in [0.2, 0.25) is 5.91 Å². The van der Waals surface area contributed by atoms with Crippen LogP contribution in [0.4, 0.5) is 0 Å². The Morgan fingerprint density at radius 1 is 1.40 bits per heavy atom. The number of carbonyl (C=O) groups is 1. The van der Waals surface area contributed by atoms with E-state index >= 15 is 0 Å². The highest BCUT2D eigenvalue weighted by Gasteiger charge is 2.13. The number of carbonyl (C=O) groups excluding carboxylic acids is 1. The number of nitrogens with zero attached hydrogens (tertiary/aromatic N) is 2. The van der Waals surface area contributed by atoms with E-state index in [1.165, 1.54) is 0 Å². The van der Waals surface area contributed by atoms with Crippen molar-refractivity contribution in [2.45, 2.75) is 13.5 Å². The van der Waals surface area contributed by atoms with Gasteiger partial charge >= 0.3 is 0 Å². The first kappa shape index (κ1) is 16.5. The van der Waals surface area contributed by atoms with E-state index < -0.39 is 0 Å². The van der Waals surface area contributed by atoms with Crippen molar-refractivity contribution in [2.75, 3.05) is 40.4 Å². The molecule has 0 aliphatic carbocycles. The van der Waals surface area contributed by atoms with Crippen LogP contribution in [0.15, 0.2) is 24.3 Å². The van der Waals surface area contributed by atoms with Crippen molar-refractivity contribution in [3.8, 4) is 5.75 Å². The molecule has 112 valence electrons. The summed E-state index contributed by atoms with van der Waals surface area (Å²) in [6.45, 7) is 4.20. The quantitative estimate of drug-likeness (QED) is 0.771. The summed E-state index contributed by atoms with van der Waals surface area (Å²) in [5.74, 6) is 0.835. The first-order chi connectivity index (χ1) is 9.60. The zero-order valence-corrected chi connectivity index (χ0v) is 12.5. The van der Waals surface area contributed by atoms with Crippen LogP contribution in [-0.4, -0.2) is 61.2 Å². The van der Waals surface area contributed by atoms with E-state index in [2.05, 4.69) is 0 Å². The highest BCUT2D eigenvalue weighted by molar-refractivity contribution is 5.78. The third-order valence-electron chi connectivity index (χ3n) is 3.20. The molecule has 0 aliphatic rings. The second-order valence-corrected chi connectivity index (χ2v) is 4.69. The van der Waals surface area contributed by atoms with Gasteiger partial charge in [0.25, 0.3) is 0 Å². The average molecular weight is 280 g/mol. The lowest BCUT2D eigenvalue weighted by Gasteiger charge is -2.23. The van der Waals surface area contributed by atoms with Crippen molar-refractivity contribution in [3.63, 3.8) is 0 Å². The lowest BCUT2D eigenvalue weighted by molar-refractivity contribution is -0.131. The fraction of sp³-hybridized carbons (Fsp3) is 0.533. The molecule has 0 atom stereocenters. The molecule has 0 fully saturated rings. The van der Waals surface area contributed by atoms with Crippen LogP contribution < -0.4 is 4.74 Å². The number of rotatable bonds is 8. The minimum atomic E-state index is 0.0446. The molecule has 0 heterocycles. The summed E-state index contributed by atoms with van der Waals surface area (Å²) < 4.78 is 5.17. The molecule has 0 saturated heterocycles. The van der Waals surface area contributed by atoms with E-state index in [1.54, 1.807) is 19.1 Å². The van der Waals surface area contributed by atoms with E-state index in [9.17, 15) is 4.79 Å². The Morgan fingerprint density at radius 3 is 2.75 bits per heavy atom. The minimum Gasteiger partial charge on any atom is -0.497 e. The van der Waals surface area contributed by atoms with Gasteiger partial charge in [0, 0.05) is 20.1 Å². The summed E-state index contributed by atoms with van der Waals surface area (Å²) in [5, 5.41) is 8.93.